The maximum Gasteiger partial charge on any atom is 0.349 e. The summed E-state index contributed by atoms with van der Waals surface area (Å²) in [6.45, 7) is 11.4. The number of hydrogen-bond donors (Lipinski definition) is 1. The lowest BCUT2D eigenvalue weighted by Gasteiger charge is -2.40. The summed E-state index contributed by atoms with van der Waals surface area (Å²) in [5.74, 6) is 1.31. The second-order valence-electron chi connectivity index (χ2n) is 15.6. The zero-order valence-corrected chi connectivity index (χ0v) is 38.1. The fourth-order valence-corrected chi connectivity index (χ4v) is 12.2. The number of ether oxygens (including phenoxy) is 3. The van der Waals surface area contributed by atoms with Crippen molar-refractivity contribution in [3.63, 3.8) is 0 Å². The molecule has 0 aliphatic carbocycles. The van der Waals surface area contributed by atoms with Crippen molar-refractivity contribution in [1.82, 2.24) is 14.2 Å². The van der Waals surface area contributed by atoms with Crippen molar-refractivity contribution in [1.29, 1.82) is 5.26 Å². The molecule has 4 aromatic carbocycles. The van der Waals surface area contributed by atoms with E-state index in [4.69, 9.17) is 23.3 Å². The number of hydrogen-bond acceptors (Lipinski definition) is 10. The number of nitrogens with one attached hydrogen (secondary N) is 1. The van der Waals surface area contributed by atoms with Gasteiger partial charge in [0, 0.05) is 42.8 Å². The van der Waals surface area contributed by atoms with Crippen LogP contribution in [0.3, 0.4) is 0 Å². The van der Waals surface area contributed by atoms with Gasteiger partial charge >= 0.3 is 5.69 Å². The van der Waals surface area contributed by atoms with Gasteiger partial charge in [0.2, 0.25) is 0 Å². The minimum absolute atomic E-state index is 0.132. The molecule has 61 heavy (non-hydrogen) atoms. The first-order valence-electron chi connectivity index (χ1n) is 20.6. The van der Waals surface area contributed by atoms with Crippen molar-refractivity contribution < 1.29 is 28.1 Å². The number of anilines is 1. The Bertz CT molecular complexity index is 2170. The molecule has 0 radical (unpaired) electrons. The lowest BCUT2D eigenvalue weighted by Crippen LogP contribution is -2.47. The third-order valence-corrected chi connectivity index (χ3v) is 15.9. The van der Waals surface area contributed by atoms with E-state index in [2.05, 4.69) is 67.4 Å². The topological polar surface area (TPSA) is 137 Å². The number of nitrogens with zero attached hydrogens (tertiary/aromatic N) is 4. The number of aromatic nitrogens is 2. The third kappa shape index (κ3) is 12.4. The number of carbonyl (C=O) groups excluding carboxylic acids is 1. The molecular formula is C47H58N5O7PSi. The minimum atomic E-state index is -2.60. The van der Waals surface area contributed by atoms with E-state index in [1.807, 2.05) is 72.8 Å². The smallest absolute Gasteiger partial charge is 0.349 e. The van der Waals surface area contributed by atoms with Crippen LogP contribution >= 0.6 is 8.53 Å². The highest BCUT2D eigenvalue weighted by atomic mass is 31.2. The molecule has 1 N–H and O–H groups in total. The number of nitriles is 1. The molecule has 1 aromatic heterocycles. The van der Waals surface area contributed by atoms with E-state index >= 15 is 0 Å². The monoisotopic (exact) mass is 863 g/mol. The highest BCUT2D eigenvalue weighted by Crippen LogP contribution is 2.47. The van der Waals surface area contributed by atoms with Gasteiger partial charge in [-0.25, -0.2) is 9.46 Å². The molecule has 0 aliphatic heterocycles. The maximum atomic E-state index is 13.3. The Balaban J connectivity index is 1.49. The van der Waals surface area contributed by atoms with E-state index in [0.29, 0.717) is 31.0 Å². The Morgan fingerprint density at radius 2 is 1.38 bits per heavy atom. The molecule has 1 amide bonds. The standard InChI is InChI=1S/C47H58N5O7PSi/c1-36(2)52(37(3)4)60(58-32-14-29-48)59-35-61(7,33-15-30-51-31-28-44(50-46(51)54)49-45(53)38-16-10-8-11-17-38)34-57-47(39-18-12-9-13-19-39,40-20-24-42(55-5)25-21-40)41-22-26-43(56-6)27-23-41/h8-13,16-28,31,36-37H,14-15,30,32-35H2,1-7H3,(H,49,50,53,54). The fraction of sp³-hybridized carbons (Fsp3) is 0.362. The summed E-state index contributed by atoms with van der Waals surface area (Å²) in [5, 5.41) is 12.1. The quantitative estimate of drug-likeness (QED) is 0.0293. The van der Waals surface area contributed by atoms with Crippen molar-refractivity contribution in [2.45, 2.75) is 77.4 Å². The first-order valence-corrected chi connectivity index (χ1v) is 24.8. The molecule has 0 saturated carbocycles. The van der Waals surface area contributed by atoms with E-state index in [9.17, 15) is 14.9 Å². The second kappa shape index (κ2) is 22.6. The van der Waals surface area contributed by atoms with Crippen molar-refractivity contribution >= 4 is 28.3 Å². The van der Waals surface area contributed by atoms with E-state index in [0.717, 1.165) is 34.2 Å². The molecule has 14 heteroatoms. The SMILES string of the molecule is COc1ccc(C(OC[Si](C)(CCCn2ccc(NC(=O)c3ccccc3)nc2=O)COP(OCCC#N)N(C(C)C)C(C)C)(c2ccccc2)c2ccc(OC)cc2)cc1. The van der Waals surface area contributed by atoms with Crippen molar-refractivity contribution in [2.24, 2.45) is 0 Å². The van der Waals surface area contributed by atoms with Crippen LogP contribution in [0.2, 0.25) is 12.6 Å². The third-order valence-electron chi connectivity index (χ3n) is 10.3. The zero-order chi connectivity index (χ0) is 43.8. The average molecular weight is 864 g/mol. The van der Waals surface area contributed by atoms with Crippen molar-refractivity contribution in [3.8, 4) is 17.6 Å². The molecule has 2 atom stereocenters. The summed E-state index contributed by atoms with van der Waals surface area (Å²) in [5.41, 5.74) is 1.78. The van der Waals surface area contributed by atoms with Gasteiger partial charge in [-0.15, -0.1) is 0 Å². The van der Waals surface area contributed by atoms with Crippen LogP contribution in [-0.4, -0.2) is 73.6 Å². The summed E-state index contributed by atoms with van der Waals surface area (Å²) >= 11 is 0. The first-order chi connectivity index (χ1) is 29.4. The normalized spacial score (nSPS) is 13.1. The second-order valence-corrected chi connectivity index (χ2v) is 21.8. The summed E-state index contributed by atoms with van der Waals surface area (Å²) in [4.78, 5) is 30.2. The summed E-state index contributed by atoms with van der Waals surface area (Å²) in [6, 6.07) is 39.8. The molecular weight excluding hydrogens is 806 g/mol. The zero-order valence-electron chi connectivity index (χ0n) is 36.2. The molecule has 0 saturated heterocycles. The Morgan fingerprint density at radius 3 is 1.90 bits per heavy atom. The van der Waals surface area contributed by atoms with Gasteiger partial charge in [-0.1, -0.05) is 85.4 Å². The van der Waals surface area contributed by atoms with E-state index < -0.39 is 27.9 Å². The van der Waals surface area contributed by atoms with Gasteiger partial charge in [0.25, 0.3) is 14.4 Å². The van der Waals surface area contributed by atoms with Crippen molar-refractivity contribution in [3.05, 3.63) is 154 Å². The van der Waals surface area contributed by atoms with E-state index in [-0.39, 0.29) is 36.8 Å². The van der Waals surface area contributed by atoms with Gasteiger partial charge in [0.05, 0.1) is 33.3 Å². The predicted octanol–water partition coefficient (Wildman–Crippen LogP) is 9.36. The average Bonchev–Trinajstić information content (AvgIpc) is 3.27. The largest absolute Gasteiger partial charge is 0.497 e. The van der Waals surface area contributed by atoms with Gasteiger partial charge in [-0.05, 0) is 93.3 Å². The van der Waals surface area contributed by atoms with Crippen LogP contribution < -0.4 is 20.5 Å². The number of aryl methyl sites for hydroxylation is 1. The van der Waals surface area contributed by atoms with Crippen LogP contribution in [0.25, 0.3) is 0 Å². The number of rotatable bonds is 23. The molecule has 0 spiro atoms. The Kier molecular flexibility index (Phi) is 17.4. The molecule has 0 aliphatic rings. The van der Waals surface area contributed by atoms with Crippen LogP contribution in [0.1, 0.15) is 67.6 Å². The Labute approximate surface area is 362 Å². The number of benzene rings is 4. The molecule has 5 aromatic rings. The van der Waals surface area contributed by atoms with Gasteiger partial charge in [0.15, 0.2) is 0 Å². The molecule has 12 nitrogen and oxygen atoms in total. The Hall–Kier alpha value is -5.19. The van der Waals surface area contributed by atoms with E-state index in [1.54, 1.807) is 55.3 Å². The van der Waals surface area contributed by atoms with Gasteiger partial charge in [0.1, 0.15) is 31.0 Å². The van der Waals surface area contributed by atoms with Crippen LogP contribution in [0.15, 0.2) is 126 Å². The van der Waals surface area contributed by atoms with Gasteiger partial charge in [-0.3, -0.25) is 9.36 Å². The van der Waals surface area contributed by atoms with Crippen LogP contribution in [0, 0.1) is 11.3 Å². The lowest BCUT2D eigenvalue weighted by molar-refractivity contribution is 0.0378. The molecule has 5 rings (SSSR count). The minimum Gasteiger partial charge on any atom is -0.497 e. The van der Waals surface area contributed by atoms with Crippen LogP contribution in [0.4, 0.5) is 5.82 Å². The highest BCUT2D eigenvalue weighted by molar-refractivity contribution is 7.44. The van der Waals surface area contributed by atoms with Crippen LogP contribution in [0.5, 0.6) is 11.5 Å². The molecule has 322 valence electrons. The summed E-state index contributed by atoms with van der Waals surface area (Å²) in [7, 11) is -0.821. The molecule has 1 heterocycles. The fourth-order valence-electron chi connectivity index (χ4n) is 7.19. The molecule has 0 fully saturated rings. The first kappa shape index (κ1) is 46.9. The van der Waals surface area contributed by atoms with Crippen molar-refractivity contribution in [2.75, 3.05) is 38.6 Å². The van der Waals surface area contributed by atoms with Gasteiger partial charge < -0.3 is 28.6 Å². The Morgan fingerprint density at radius 1 is 0.820 bits per heavy atom. The highest BCUT2D eigenvalue weighted by Gasteiger charge is 2.42. The number of amides is 1. The maximum absolute atomic E-state index is 13.3. The molecule has 2 unspecified atom stereocenters. The lowest BCUT2D eigenvalue weighted by atomic mass is 9.80. The number of carbonyl (C=O) groups is 1. The van der Waals surface area contributed by atoms with Crippen LogP contribution in [-0.2, 0) is 25.9 Å². The van der Waals surface area contributed by atoms with Gasteiger partial charge in [-0.2, -0.15) is 10.2 Å². The van der Waals surface area contributed by atoms with E-state index in [1.165, 1.54) is 0 Å². The number of methoxy groups -OCH3 is 2. The summed E-state index contributed by atoms with van der Waals surface area (Å²) in [6.07, 6.45) is 3.34. The summed E-state index contributed by atoms with van der Waals surface area (Å²) < 4.78 is 35.6. The molecule has 0 bridgehead atoms. The predicted molar refractivity (Wildman–Crippen MR) is 243 cm³/mol.